The molecule has 0 radical (unpaired) electrons. The maximum Gasteiger partial charge on any atom is 0.255 e. The van der Waals surface area contributed by atoms with Crippen LogP contribution in [0.4, 0.5) is 0 Å². The summed E-state index contributed by atoms with van der Waals surface area (Å²) in [5, 5.41) is 47.2. The lowest BCUT2D eigenvalue weighted by Crippen LogP contribution is -2.65. The predicted octanol–water partition coefficient (Wildman–Crippen LogP) is 0.892. The molecule has 11 heteroatoms. The molecule has 3 aliphatic carbocycles. The Balaban J connectivity index is 1.87. The smallest absolute Gasteiger partial charge is 0.255 e. The molecule has 0 heterocycles. The number of Topliss-reactive ketones (excluding diaryl/α,β-unsaturated/α-hetero) is 2. The van der Waals surface area contributed by atoms with E-state index < -0.39 is 63.6 Å². The number of phenols is 1. The lowest BCUT2D eigenvalue weighted by Gasteiger charge is -2.50. The van der Waals surface area contributed by atoms with Crippen LogP contribution in [0.5, 0.6) is 5.75 Å². The number of fused-ring (bicyclic) bond motifs is 3. The number of primary amides is 1. The minimum atomic E-state index is -2.69. The minimum absolute atomic E-state index is 0.0188. The molecular formula is C28H33N3O8. The third kappa shape index (κ3) is 4.41. The van der Waals surface area contributed by atoms with Gasteiger partial charge in [-0.2, -0.15) is 0 Å². The highest BCUT2D eigenvalue weighted by Crippen LogP contribution is 2.53. The van der Waals surface area contributed by atoms with E-state index in [-0.39, 0.29) is 35.6 Å². The zero-order chi connectivity index (χ0) is 29.2. The van der Waals surface area contributed by atoms with Crippen LogP contribution in [-0.2, 0) is 25.6 Å². The topological polar surface area (TPSA) is 190 Å². The molecule has 3 aliphatic rings. The highest BCUT2D eigenvalue weighted by atomic mass is 16.3. The summed E-state index contributed by atoms with van der Waals surface area (Å²) in [4.78, 5) is 52.9. The first-order valence-corrected chi connectivity index (χ1v) is 12.5. The average Bonchev–Trinajstić information content (AvgIpc) is 2.79. The van der Waals surface area contributed by atoms with Gasteiger partial charge in [0.05, 0.1) is 11.6 Å². The maximum atomic E-state index is 13.8. The first kappa shape index (κ1) is 28.1. The summed E-state index contributed by atoms with van der Waals surface area (Å²) < 4.78 is 0. The first-order valence-electron chi connectivity index (χ1n) is 12.5. The minimum Gasteiger partial charge on any atom is -0.508 e. The number of rotatable bonds is 4. The van der Waals surface area contributed by atoms with E-state index in [0.29, 0.717) is 11.1 Å². The summed E-state index contributed by atoms with van der Waals surface area (Å²) in [6, 6.07) is 1.73. The molecule has 1 aromatic carbocycles. The van der Waals surface area contributed by atoms with Gasteiger partial charge in [0, 0.05) is 23.1 Å². The van der Waals surface area contributed by atoms with Gasteiger partial charge in [0.15, 0.2) is 11.4 Å². The van der Waals surface area contributed by atoms with Gasteiger partial charge < -0.3 is 31.5 Å². The molecule has 7 N–H and O–H groups in total. The molecule has 0 aliphatic heterocycles. The third-order valence-electron chi connectivity index (χ3n) is 7.55. The Labute approximate surface area is 225 Å². The van der Waals surface area contributed by atoms with Crippen molar-refractivity contribution in [1.29, 1.82) is 0 Å². The van der Waals surface area contributed by atoms with E-state index in [9.17, 15) is 39.6 Å². The number of ketones is 2. The molecule has 4 atom stereocenters. The number of nitrogens with one attached hydrogen (secondary N) is 1. The number of hydrogen-bond acceptors (Lipinski definition) is 9. The third-order valence-corrected chi connectivity index (χ3v) is 7.55. The van der Waals surface area contributed by atoms with Crippen LogP contribution in [0.3, 0.4) is 0 Å². The van der Waals surface area contributed by atoms with Gasteiger partial charge in [-0.1, -0.05) is 6.07 Å². The second-order valence-corrected chi connectivity index (χ2v) is 11.6. The molecule has 11 nitrogen and oxygen atoms in total. The Morgan fingerprint density at radius 2 is 1.79 bits per heavy atom. The van der Waals surface area contributed by atoms with Crippen LogP contribution in [0.2, 0.25) is 0 Å². The molecule has 39 heavy (non-hydrogen) atoms. The highest BCUT2D eigenvalue weighted by Gasteiger charge is 2.64. The monoisotopic (exact) mass is 539 g/mol. The van der Waals surface area contributed by atoms with E-state index in [1.54, 1.807) is 12.1 Å². The average molecular weight is 540 g/mol. The van der Waals surface area contributed by atoms with Crippen molar-refractivity contribution in [3.05, 3.63) is 51.8 Å². The summed E-state index contributed by atoms with van der Waals surface area (Å²) in [6.07, 6.45) is 2.98. The van der Waals surface area contributed by atoms with E-state index in [1.807, 2.05) is 20.8 Å². The zero-order valence-corrected chi connectivity index (χ0v) is 22.4. The Morgan fingerprint density at radius 1 is 1.15 bits per heavy atom. The van der Waals surface area contributed by atoms with Gasteiger partial charge in [0.25, 0.3) is 5.91 Å². The number of phenolic OH excluding ortho intramolecular Hbond substituents is 1. The van der Waals surface area contributed by atoms with Crippen molar-refractivity contribution >= 4 is 35.2 Å². The predicted molar refractivity (Wildman–Crippen MR) is 141 cm³/mol. The second kappa shape index (κ2) is 9.35. The lowest BCUT2D eigenvalue weighted by atomic mass is 9.57. The maximum absolute atomic E-state index is 13.8. The van der Waals surface area contributed by atoms with E-state index in [2.05, 4.69) is 5.32 Å². The number of nitrogens with zero attached hydrogens (tertiary/aromatic N) is 1. The Kier molecular flexibility index (Phi) is 6.73. The van der Waals surface area contributed by atoms with Crippen LogP contribution >= 0.6 is 0 Å². The molecule has 0 aromatic heterocycles. The SMILES string of the molecule is CN(C)C1C(=O)C(C(N)=O)=C(O)C2(O)C(=O)C3=C(O)c4c(O)ccc(/C=C/C(=O)NC(C)(C)C)c4CC3CC12. The number of benzene rings is 1. The van der Waals surface area contributed by atoms with E-state index >= 15 is 0 Å². The van der Waals surface area contributed by atoms with E-state index in [1.165, 1.54) is 31.1 Å². The zero-order valence-electron chi connectivity index (χ0n) is 22.4. The molecule has 4 unspecified atom stereocenters. The van der Waals surface area contributed by atoms with Crippen molar-refractivity contribution < 1.29 is 39.6 Å². The largest absolute Gasteiger partial charge is 0.508 e. The van der Waals surface area contributed by atoms with Gasteiger partial charge in [-0.15, -0.1) is 0 Å². The summed E-state index contributed by atoms with van der Waals surface area (Å²) in [5.41, 5.74) is 2.04. The number of aliphatic hydroxyl groups excluding tert-OH is 2. The van der Waals surface area contributed by atoms with Crippen LogP contribution in [-0.4, -0.2) is 80.0 Å². The van der Waals surface area contributed by atoms with Crippen molar-refractivity contribution in [2.24, 2.45) is 17.6 Å². The molecule has 2 amide bonds. The van der Waals surface area contributed by atoms with Crippen LogP contribution in [0.1, 0.15) is 43.9 Å². The Morgan fingerprint density at radius 3 is 2.36 bits per heavy atom. The number of amides is 2. The quantitative estimate of drug-likeness (QED) is 0.238. The van der Waals surface area contributed by atoms with Crippen LogP contribution in [0.25, 0.3) is 11.8 Å². The fourth-order valence-corrected chi connectivity index (χ4v) is 6.00. The second-order valence-electron chi connectivity index (χ2n) is 11.6. The van der Waals surface area contributed by atoms with E-state index in [0.717, 1.165) is 0 Å². The van der Waals surface area contributed by atoms with Gasteiger partial charge in [-0.25, -0.2) is 0 Å². The molecule has 1 saturated carbocycles. The summed E-state index contributed by atoms with van der Waals surface area (Å²) in [6.45, 7) is 5.51. The van der Waals surface area contributed by atoms with Gasteiger partial charge in [0.2, 0.25) is 11.7 Å². The molecule has 0 bridgehead atoms. The van der Waals surface area contributed by atoms with Crippen molar-refractivity contribution in [2.75, 3.05) is 14.1 Å². The molecular weight excluding hydrogens is 506 g/mol. The number of carbonyl (C=O) groups excluding carboxylic acids is 4. The molecule has 1 aromatic rings. The summed E-state index contributed by atoms with van der Waals surface area (Å²) >= 11 is 0. The van der Waals surface area contributed by atoms with Gasteiger partial charge >= 0.3 is 0 Å². The van der Waals surface area contributed by atoms with Gasteiger partial charge in [0.1, 0.15) is 22.8 Å². The van der Waals surface area contributed by atoms with Gasteiger partial charge in [-0.3, -0.25) is 24.1 Å². The van der Waals surface area contributed by atoms with E-state index in [4.69, 9.17) is 5.73 Å². The fourth-order valence-electron chi connectivity index (χ4n) is 6.00. The number of hydrogen-bond donors (Lipinski definition) is 6. The summed E-state index contributed by atoms with van der Waals surface area (Å²) in [5.74, 6) is -7.44. The van der Waals surface area contributed by atoms with Gasteiger partial charge in [-0.05, 0) is 76.9 Å². The number of likely N-dealkylation sites (N-methyl/N-ethyl adjacent to an activating group) is 1. The fraction of sp³-hybridized carbons (Fsp3) is 0.429. The van der Waals surface area contributed by atoms with Crippen molar-refractivity contribution in [1.82, 2.24) is 10.2 Å². The van der Waals surface area contributed by atoms with Crippen LogP contribution in [0, 0.1) is 11.8 Å². The number of nitrogens with two attached hydrogens (primary N) is 1. The standard InChI is InChI=1S/C28H33N3O8/c1-27(2,3)30-17(33)9-7-12-6-8-16(32)19-14(12)10-13-11-15-21(31(4)5)23(35)20(26(29)38)25(37)28(15,39)24(36)18(13)22(19)34/h6-9,13,15,21,32,34,37,39H,10-11H2,1-5H3,(H2,29,38)(H,30,33)/b9-7+. The highest BCUT2D eigenvalue weighted by molar-refractivity contribution is 6.24. The first-order chi connectivity index (χ1) is 18.0. The van der Waals surface area contributed by atoms with Crippen LogP contribution in [0.15, 0.2) is 35.1 Å². The van der Waals surface area contributed by atoms with Crippen molar-refractivity contribution in [3.63, 3.8) is 0 Å². The van der Waals surface area contributed by atoms with Crippen molar-refractivity contribution in [2.45, 2.75) is 50.8 Å². The Bertz CT molecular complexity index is 1400. The normalized spacial score (nSPS) is 27.0. The number of carbonyl (C=O) groups is 4. The number of aliphatic hydroxyl groups is 3. The molecule has 208 valence electrons. The van der Waals surface area contributed by atoms with Crippen molar-refractivity contribution in [3.8, 4) is 5.75 Å². The lowest BCUT2D eigenvalue weighted by molar-refractivity contribution is -0.153. The molecule has 0 spiro atoms. The summed E-state index contributed by atoms with van der Waals surface area (Å²) in [7, 11) is 3.08. The number of aromatic hydroxyl groups is 1. The van der Waals surface area contributed by atoms with Crippen LogP contribution < -0.4 is 11.1 Å². The molecule has 1 fully saturated rings. The molecule has 4 rings (SSSR count). The Hall–Kier alpha value is -3.96. The molecule has 0 saturated heterocycles.